The summed E-state index contributed by atoms with van der Waals surface area (Å²) in [6.07, 6.45) is -0.270. The predicted molar refractivity (Wildman–Crippen MR) is 244 cm³/mol. The van der Waals surface area contributed by atoms with Crippen LogP contribution in [0.3, 0.4) is 0 Å². The Morgan fingerprint density at radius 3 is 2.15 bits per heavy atom. The van der Waals surface area contributed by atoms with Gasteiger partial charge in [-0.25, -0.2) is 18.2 Å². The molecule has 3 fully saturated rings. The van der Waals surface area contributed by atoms with Crippen molar-refractivity contribution in [3.8, 4) is 22.8 Å². The molecule has 0 spiro atoms. The molecule has 2 saturated carbocycles. The number of pyridine rings is 1. The van der Waals surface area contributed by atoms with Gasteiger partial charge in [-0.15, -0.1) is 6.58 Å². The molecule has 2 heterocycles. The lowest BCUT2D eigenvalue weighted by atomic mass is 9.85. The minimum Gasteiger partial charge on any atom is -0.497 e. The molecule has 3 aliphatic rings. The quantitative estimate of drug-likeness (QED) is 0.110. The van der Waals surface area contributed by atoms with Gasteiger partial charge in [0.25, 0.3) is 5.91 Å². The Balaban J connectivity index is 1.19. The standard InChI is InChI=1S/C48H56N6O10S/c1-9-30-27-48(30,43(58)53-65(60,61)47(22-23-47)42(57)49-31-18-14-11-15-19-31)52-40(55)37-25-33(28-54(37)41(56)39(45(2,3)4)51-44(59)64-46(5,6)7)63-38-26-35(29-16-12-10-13-17-29)50-36-24-32(62-8)20-21-34(36)38/h9-21,24,26,30,33,37,39H,1,22-23,25,27-28H2,2-8H3,(H,49,57)(H,51,59)(H,52,55)(H,53,58). The topological polar surface area (TPSA) is 211 Å². The first-order chi connectivity index (χ1) is 30.6. The number of hydrogen-bond acceptors (Lipinski definition) is 11. The van der Waals surface area contributed by atoms with Gasteiger partial charge >= 0.3 is 6.09 Å². The SMILES string of the molecule is C=CC1CC1(NC(=O)C1CC(Oc2cc(-c3ccccc3)nc3cc(OC)ccc23)CN1C(=O)C(NC(=O)OC(C)(C)C)C(C)(C)C)C(=O)NS(=O)(=O)C1(C(=O)Nc2ccccc2)CC1. The molecular weight excluding hydrogens is 853 g/mol. The normalized spacial score (nSPS) is 21.6. The fourth-order valence-electron chi connectivity index (χ4n) is 8.10. The van der Waals surface area contributed by atoms with E-state index in [4.69, 9.17) is 19.2 Å². The fourth-order valence-corrected chi connectivity index (χ4v) is 9.65. The molecule has 17 heteroatoms. The van der Waals surface area contributed by atoms with Crippen molar-refractivity contribution in [3.05, 3.63) is 97.6 Å². The number of alkyl carbamates (subject to hydrolysis) is 1. The molecule has 16 nitrogen and oxygen atoms in total. The van der Waals surface area contributed by atoms with Gasteiger partial charge in [-0.05, 0) is 69.7 Å². The summed E-state index contributed by atoms with van der Waals surface area (Å²) in [6, 6.07) is 22.5. The summed E-state index contributed by atoms with van der Waals surface area (Å²) in [5.74, 6) is -2.87. The van der Waals surface area contributed by atoms with E-state index in [1.165, 1.54) is 11.0 Å². The van der Waals surface area contributed by atoms with Crippen LogP contribution < -0.4 is 30.1 Å². The number of ether oxygens (including phenoxy) is 3. The third-order valence-corrected chi connectivity index (χ3v) is 14.0. The van der Waals surface area contributed by atoms with Crippen LogP contribution in [0, 0.1) is 11.3 Å². The van der Waals surface area contributed by atoms with Crippen molar-refractivity contribution in [2.24, 2.45) is 11.3 Å². The molecule has 0 radical (unpaired) electrons. The van der Waals surface area contributed by atoms with Gasteiger partial charge in [0.2, 0.25) is 27.7 Å². The lowest BCUT2D eigenvalue weighted by Gasteiger charge is -2.36. The molecular formula is C48H56N6O10S. The van der Waals surface area contributed by atoms with E-state index in [9.17, 15) is 32.4 Å². The number of para-hydroxylation sites is 1. The highest BCUT2D eigenvalue weighted by atomic mass is 32.2. The molecule has 2 aliphatic carbocycles. The van der Waals surface area contributed by atoms with E-state index in [2.05, 4.69) is 27.3 Å². The van der Waals surface area contributed by atoms with Crippen molar-refractivity contribution in [3.63, 3.8) is 0 Å². The summed E-state index contributed by atoms with van der Waals surface area (Å²) in [4.78, 5) is 76.5. The van der Waals surface area contributed by atoms with E-state index in [1.54, 1.807) is 97.2 Å². The first-order valence-electron chi connectivity index (χ1n) is 21.5. The number of nitrogens with one attached hydrogen (secondary N) is 4. The van der Waals surface area contributed by atoms with Crippen molar-refractivity contribution in [2.45, 2.75) is 101 Å². The summed E-state index contributed by atoms with van der Waals surface area (Å²) < 4.78 is 45.7. The average Bonchev–Trinajstić information content (AvgIpc) is 4.17. The van der Waals surface area contributed by atoms with Crippen LogP contribution in [0.5, 0.6) is 11.5 Å². The second kappa shape index (κ2) is 17.5. The Hall–Kier alpha value is -6.49. The maximum absolute atomic E-state index is 14.8. The lowest BCUT2D eigenvalue weighted by molar-refractivity contribution is -0.143. The largest absolute Gasteiger partial charge is 0.497 e. The maximum atomic E-state index is 14.8. The summed E-state index contributed by atoms with van der Waals surface area (Å²) in [7, 11) is -3.06. The van der Waals surface area contributed by atoms with Gasteiger partial charge in [0, 0.05) is 41.1 Å². The molecule has 1 saturated heterocycles. The molecule has 65 heavy (non-hydrogen) atoms. The monoisotopic (exact) mass is 908 g/mol. The van der Waals surface area contributed by atoms with Crippen LogP contribution in [-0.2, 0) is 33.9 Å². The van der Waals surface area contributed by atoms with Crippen molar-refractivity contribution < 1.29 is 46.6 Å². The van der Waals surface area contributed by atoms with Crippen molar-refractivity contribution >= 4 is 56.3 Å². The number of likely N-dealkylation sites (tertiary alicyclic amines) is 1. The molecule has 7 rings (SSSR count). The van der Waals surface area contributed by atoms with E-state index in [0.29, 0.717) is 33.8 Å². The minimum atomic E-state index is -4.61. The van der Waals surface area contributed by atoms with Crippen LogP contribution in [0.25, 0.3) is 22.2 Å². The summed E-state index contributed by atoms with van der Waals surface area (Å²) in [6.45, 7) is 14.1. The van der Waals surface area contributed by atoms with Crippen LogP contribution >= 0.6 is 0 Å². The van der Waals surface area contributed by atoms with E-state index in [-0.39, 0.29) is 32.2 Å². The Kier molecular flexibility index (Phi) is 12.5. The lowest BCUT2D eigenvalue weighted by Crippen LogP contribution is -2.60. The molecule has 0 bridgehead atoms. The number of sulfonamides is 1. The van der Waals surface area contributed by atoms with Crippen molar-refractivity contribution in [1.29, 1.82) is 0 Å². The molecule has 344 valence electrons. The molecule has 5 atom stereocenters. The molecule has 5 unspecified atom stereocenters. The number of amides is 5. The van der Waals surface area contributed by atoms with E-state index in [1.807, 2.05) is 36.4 Å². The van der Waals surface area contributed by atoms with Crippen LogP contribution in [0.2, 0.25) is 0 Å². The number of hydrogen-bond donors (Lipinski definition) is 4. The molecule has 4 N–H and O–H groups in total. The fraction of sp³-hybridized carbons (Fsp3) is 0.417. The second-order valence-electron chi connectivity index (χ2n) is 18.9. The highest BCUT2D eigenvalue weighted by Crippen LogP contribution is 2.48. The summed E-state index contributed by atoms with van der Waals surface area (Å²) in [5, 5.41) is 8.78. The number of nitrogens with zero attached hydrogens (tertiary/aromatic N) is 2. The third-order valence-electron chi connectivity index (χ3n) is 11.9. The van der Waals surface area contributed by atoms with Gasteiger partial charge in [-0.1, -0.05) is 75.4 Å². The Bertz CT molecular complexity index is 2630. The summed E-state index contributed by atoms with van der Waals surface area (Å²) in [5.41, 5.74) is -1.13. The zero-order chi connectivity index (χ0) is 47.1. The summed E-state index contributed by atoms with van der Waals surface area (Å²) >= 11 is 0. The molecule has 1 aliphatic heterocycles. The van der Waals surface area contributed by atoms with Gasteiger partial charge in [0.15, 0.2) is 4.75 Å². The van der Waals surface area contributed by atoms with E-state index >= 15 is 0 Å². The van der Waals surface area contributed by atoms with Crippen LogP contribution in [0.15, 0.2) is 97.6 Å². The first kappa shape index (κ1) is 46.5. The van der Waals surface area contributed by atoms with Crippen molar-refractivity contribution in [1.82, 2.24) is 25.2 Å². The van der Waals surface area contributed by atoms with Crippen LogP contribution in [-0.4, -0.2) is 95.8 Å². The third kappa shape index (κ3) is 9.79. The number of rotatable bonds is 14. The smallest absolute Gasteiger partial charge is 0.408 e. The Morgan fingerprint density at radius 2 is 1.57 bits per heavy atom. The van der Waals surface area contributed by atoms with Gasteiger partial charge < -0.3 is 35.1 Å². The van der Waals surface area contributed by atoms with Gasteiger partial charge in [-0.3, -0.25) is 23.9 Å². The number of aromatic nitrogens is 1. The zero-order valence-corrected chi connectivity index (χ0v) is 38.4. The molecule has 3 aromatic carbocycles. The highest BCUT2D eigenvalue weighted by Gasteiger charge is 2.66. The predicted octanol–water partition coefficient (Wildman–Crippen LogP) is 5.88. The number of benzene rings is 3. The van der Waals surface area contributed by atoms with Crippen LogP contribution in [0.1, 0.15) is 67.2 Å². The molecule has 1 aromatic heterocycles. The maximum Gasteiger partial charge on any atom is 0.408 e. The van der Waals surface area contributed by atoms with Crippen molar-refractivity contribution in [2.75, 3.05) is 19.0 Å². The second-order valence-corrected chi connectivity index (χ2v) is 20.9. The van der Waals surface area contributed by atoms with Gasteiger partial charge in [0.05, 0.1) is 24.9 Å². The zero-order valence-electron chi connectivity index (χ0n) is 37.6. The van der Waals surface area contributed by atoms with Gasteiger partial charge in [-0.2, -0.15) is 0 Å². The van der Waals surface area contributed by atoms with Crippen LogP contribution in [0.4, 0.5) is 10.5 Å². The first-order valence-corrected chi connectivity index (χ1v) is 23.0. The number of anilines is 1. The number of carbonyl (C=O) groups is 5. The molecule has 4 aromatic rings. The number of fused-ring (bicyclic) bond motifs is 1. The highest BCUT2D eigenvalue weighted by molar-refractivity contribution is 7.92. The van der Waals surface area contributed by atoms with E-state index in [0.717, 1.165) is 5.56 Å². The van der Waals surface area contributed by atoms with E-state index < -0.39 is 85.2 Å². The minimum absolute atomic E-state index is 0.00689. The Morgan fingerprint density at radius 1 is 0.908 bits per heavy atom. The Labute approximate surface area is 378 Å². The van der Waals surface area contributed by atoms with Gasteiger partial charge in [0.1, 0.15) is 40.8 Å². The number of methoxy groups -OCH3 is 1. The number of carbonyl (C=O) groups excluding carboxylic acids is 5. The average molecular weight is 909 g/mol. The molecule has 5 amide bonds.